The van der Waals surface area contributed by atoms with Gasteiger partial charge in [-0.25, -0.2) is 0 Å². The molecule has 0 unspecified atom stereocenters. The molecule has 74 valence electrons. The van der Waals surface area contributed by atoms with Crippen molar-refractivity contribution < 1.29 is 0 Å². The van der Waals surface area contributed by atoms with Crippen LogP contribution in [0.1, 0.15) is 41.5 Å². The predicted octanol–water partition coefficient (Wildman–Crippen LogP) is 4.50. The highest BCUT2D eigenvalue weighted by molar-refractivity contribution is 5.35. The molecule has 0 aromatic heterocycles. The van der Waals surface area contributed by atoms with Crippen LogP contribution < -0.4 is 0 Å². The Hall–Kier alpha value is -0.780. The van der Waals surface area contributed by atoms with Crippen molar-refractivity contribution in [3.05, 3.63) is 35.5 Å². The predicted molar refractivity (Wildman–Crippen MR) is 61.8 cm³/mol. The molecule has 0 aliphatic heterocycles. The van der Waals surface area contributed by atoms with Crippen LogP contribution in [0, 0.1) is 5.41 Å². The van der Waals surface area contributed by atoms with Crippen LogP contribution in [0.15, 0.2) is 35.5 Å². The van der Waals surface area contributed by atoms with E-state index in [0.29, 0.717) is 0 Å². The second-order valence-corrected chi connectivity index (χ2v) is 4.60. The summed E-state index contributed by atoms with van der Waals surface area (Å²) in [6, 6.07) is 0. The van der Waals surface area contributed by atoms with Crippen LogP contribution in [-0.4, -0.2) is 0 Å². The second-order valence-electron chi connectivity index (χ2n) is 4.60. The van der Waals surface area contributed by atoms with Gasteiger partial charge in [-0.05, 0) is 37.3 Å². The molecular formula is C13H22. The first-order chi connectivity index (χ1) is 5.79. The van der Waals surface area contributed by atoms with Crippen LogP contribution in [0.5, 0.6) is 0 Å². The highest BCUT2D eigenvalue weighted by Crippen LogP contribution is 2.27. The van der Waals surface area contributed by atoms with Gasteiger partial charge in [0, 0.05) is 0 Å². The van der Waals surface area contributed by atoms with Gasteiger partial charge in [-0.2, -0.15) is 0 Å². The Balaban J connectivity index is 4.87. The van der Waals surface area contributed by atoms with Crippen molar-refractivity contribution in [3.8, 4) is 0 Å². The molecule has 0 rings (SSSR count). The molecule has 0 heterocycles. The first kappa shape index (κ1) is 12.2. The fraction of sp³-hybridized carbons (Fsp3) is 0.538. The van der Waals surface area contributed by atoms with Gasteiger partial charge in [0.25, 0.3) is 0 Å². The molecule has 0 heteroatoms. The van der Waals surface area contributed by atoms with Crippen molar-refractivity contribution in [1.29, 1.82) is 0 Å². The molecule has 0 aliphatic carbocycles. The van der Waals surface area contributed by atoms with Crippen molar-refractivity contribution in [2.24, 2.45) is 5.41 Å². The zero-order chi connectivity index (χ0) is 10.6. The van der Waals surface area contributed by atoms with E-state index in [1.165, 1.54) is 11.1 Å². The highest BCUT2D eigenvalue weighted by Gasteiger charge is 2.13. The molecule has 0 aliphatic rings. The normalized spacial score (nSPS) is 14.6. The first-order valence-corrected chi connectivity index (χ1v) is 4.80. The lowest BCUT2D eigenvalue weighted by Crippen LogP contribution is -2.07. The standard InChI is InChI=1S/C13H22/c1-8-12(13(5,6)7)9-11(4)10(2)3/h8-9H,2H2,1,3-7H3/b11-9-,12-8+. The third kappa shape index (κ3) is 4.12. The van der Waals surface area contributed by atoms with Gasteiger partial charge in [0.15, 0.2) is 0 Å². The van der Waals surface area contributed by atoms with E-state index in [2.05, 4.69) is 53.3 Å². The van der Waals surface area contributed by atoms with Crippen molar-refractivity contribution in [2.45, 2.75) is 41.5 Å². The Morgan fingerprint density at radius 2 is 1.62 bits per heavy atom. The van der Waals surface area contributed by atoms with Crippen LogP contribution in [0.2, 0.25) is 0 Å². The molecule has 0 spiro atoms. The minimum absolute atomic E-state index is 0.228. The van der Waals surface area contributed by atoms with Gasteiger partial charge in [-0.3, -0.25) is 0 Å². The molecule has 0 fully saturated rings. The Morgan fingerprint density at radius 1 is 1.15 bits per heavy atom. The maximum atomic E-state index is 3.93. The van der Waals surface area contributed by atoms with Crippen LogP contribution in [0.25, 0.3) is 0 Å². The minimum Gasteiger partial charge on any atom is -0.0958 e. The summed E-state index contributed by atoms with van der Waals surface area (Å²) in [5.74, 6) is 0. The number of hydrogen-bond donors (Lipinski definition) is 0. The van der Waals surface area contributed by atoms with E-state index in [1.54, 1.807) is 0 Å². The molecule has 0 bridgehead atoms. The summed E-state index contributed by atoms with van der Waals surface area (Å²) < 4.78 is 0. The molecule has 0 saturated heterocycles. The van der Waals surface area contributed by atoms with Crippen molar-refractivity contribution in [3.63, 3.8) is 0 Å². The molecule has 0 aromatic rings. The fourth-order valence-electron chi connectivity index (χ4n) is 1.09. The molecule has 0 saturated carbocycles. The Kier molecular flexibility index (Phi) is 4.19. The molecule has 0 nitrogen and oxygen atoms in total. The van der Waals surface area contributed by atoms with Crippen molar-refractivity contribution in [2.75, 3.05) is 0 Å². The van der Waals surface area contributed by atoms with E-state index in [4.69, 9.17) is 0 Å². The van der Waals surface area contributed by atoms with Gasteiger partial charge in [-0.1, -0.05) is 45.1 Å². The summed E-state index contributed by atoms with van der Waals surface area (Å²) in [5, 5.41) is 0. The van der Waals surface area contributed by atoms with Gasteiger partial charge in [0.05, 0.1) is 0 Å². The van der Waals surface area contributed by atoms with Crippen molar-refractivity contribution >= 4 is 0 Å². The molecule has 0 aromatic carbocycles. The van der Waals surface area contributed by atoms with Gasteiger partial charge >= 0.3 is 0 Å². The quantitative estimate of drug-likeness (QED) is 0.546. The number of allylic oxidation sites excluding steroid dienone is 5. The van der Waals surface area contributed by atoms with E-state index in [9.17, 15) is 0 Å². The second kappa shape index (κ2) is 4.45. The molecule has 0 atom stereocenters. The maximum Gasteiger partial charge on any atom is -0.0135 e. The smallest absolute Gasteiger partial charge is 0.0135 e. The summed E-state index contributed by atoms with van der Waals surface area (Å²) in [4.78, 5) is 0. The molecule has 13 heavy (non-hydrogen) atoms. The SMILES string of the molecule is C=C(C)/C(C)=C\C(=C/C)C(C)(C)C. The zero-order valence-electron chi connectivity index (χ0n) is 9.86. The Labute approximate surface area is 83.0 Å². The third-order valence-corrected chi connectivity index (χ3v) is 2.22. The third-order valence-electron chi connectivity index (χ3n) is 2.22. The zero-order valence-corrected chi connectivity index (χ0v) is 9.86. The lowest BCUT2D eigenvalue weighted by Gasteiger charge is -2.20. The number of hydrogen-bond acceptors (Lipinski definition) is 0. The van der Waals surface area contributed by atoms with E-state index in [-0.39, 0.29) is 5.41 Å². The van der Waals surface area contributed by atoms with Gasteiger partial charge in [0.1, 0.15) is 0 Å². The summed E-state index contributed by atoms with van der Waals surface area (Å²) in [6.45, 7) is 16.8. The summed E-state index contributed by atoms with van der Waals surface area (Å²) in [5.41, 5.74) is 4.01. The topological polar surface area (TPSA) is 0 Å². The first-order valence-electron chi connectivity index (χ1n) is 4.80. The number of rotatable bonds is 2. The largest absolute Gasteiger partial charge is 0.0958 e. The minimum atomic E-state index is 0.228. The molecule has 0 amide bonds. The molecule has 0 N–H and O–H groups in total. The van der Waals surface area contributed by atoms with E-state index >= 15 is 0 Å². The van der Waals surface area contributed by atoms with Crippen LogP contribution in [0.3, 0.4) is 0 Å². The maximum absolute atomic E-state index is 3.93. The van der Waals surface area contributed by atoms with Crippen LogP contribution >= 0.6 is 0 Å². The van der Waals surface area contributed by atoms with E-state index in [0.717, 1.165) is 5.57 Å². The summed E-state index contributed by atoms with van der Waals surface area (Å²) in [7, 11) is 0. The molecular weight excluding hydrogens is 156 g/mol. The summed E-state index contributed by atoms with van der Waals surface area (Å²) >= 11 is 0. The van der Waals surface area contributed by atoms with Crippen molar-refractivity contribution in [1.82, 2.24) is 0 Å². The lowest BCUT2D eigenvalue weighted by molar-refractivity contribution is 0.515. The van der Waals surface area contributed by atoms with E-state index < -0.39 is 0 Å². The monoisotopic (exact) mass is 178 g/mol. The average Bonchev–Trinajstić information content (AvgIpc) is 1.96. The Morgan fingerprint density at radius 3 is 1.85 bits per heavy atom. The van der Waals surface area contributed by atoms with Crippen LogP contribution in [0.4, 0.5) is 0 Å². The summed E-state index contributed by atoms with van der Waals surface area (Å²) in [6.07, 6.45) is 4.40. The van der Waals surface area contributed by atoms with Crippen LogP contribution in [-0.2, 0) is 0 Å². The lowest BCUT2D eigenvalue weighted by atomic mass is 9.85. The molecule has 0 radical (unpaired) electrons. The average molecular weight is 178 g/mol. The van der Waals surface area contributed by atoms with Gasteiger partial charge in [0.2, 0.25) is 0 Å². The van der Waals surface area contributed by atoms with Gasteiger partial charge in [-0.15, -0.1) is 0 Å². The van der Waals surface area contributed by atoms with Gasteiger partial charge < -0.3 is 0 Å². The fourth-order valence-corrected chi connectivity index (χ4v) is 1.09. The Bertz CT molecular complexity index is 244. The highest BCUT2D eigenvalue weighted by atomic mass is 14.2. The van der Waals surface area contributed by atoms with E-state index in [1.807, 2.05) is 6.92 Å².